The van der Waals surface area contributed by atoms with Gasteiger partial charge in [0.1, 0.15) is 0 Å². The molecule has 76 heavy (non-hydrogen) atoms. The van der Waals surface area contributed by atoms with Gasteiger partial charge in [-0.2, -0.15) is 5.16 Å². The molecule has 0 fully saturated rings. The number of carboxylic acids is 2. The zero-order valence-electron chi connectivity index (χ0n) is 43.1. The number of isothiocyanates is 1. The number of pyridine rings is 4. The van der Waals surface area contributed by atoms with Crippen LogP contribution in [0, 0.1) is 5.92 Å². The number of rotatable bonds is 18. The minimum Gasteiger partial charge on any atom is -0.753 e. The molecule has 0 radical (unpaired) electrons. The Hall–Kier alpha value is -7.68. The number of para-hydroxylation sites is 2. The number of carbonyl (C=O) groups is 2. The van der Waals surface area contributed by atoms with Crippen LogP contribution < -0.4 is 21.1 Å². The van der Waals surface area contributed by atoms with Crippen molar-refractivity contribution in [2.24, 2.45) is 11.8 Å². The third-order valence-electron chi connectivity index (χ3n) is 12.4. The van der Waals surface area contributed by atoms with Crippen LogP contribution in [0.4, 0.5) is 28.4 Å². The van der Waals surface area contributed by atoms with Crippen molar-refractivity contribution in [3.8, 4) is 33.9 Å². The van der Waals surface area contributed by atoms with Gasteiger partial charge in [0.25, 0.3) is 0 Å². The summed E-state index contributed by atoms with van der Waals surface area (Å²) < 4.78 is 0. The number of carboxylic acid groups (broad SMARTS) is 2. The van der Waals surface area contributed by atoms with Crippen LogP contribution in [0.5, 0.6) is 0 Å². The fraction of sp³-hybridized carbons (Fsp3) is 0.217. The van der Waals surface area contributed by atoms with Gasteiger partial charge in [0.2, 0.25) is 0 Å². The second-order valence-corrected chi connectivity index (χ2v) is 18.8. The van der Waals surface area contributed by atoms with Crippen molar-refractivity contribution in [2.45, 2.75) is 71.9 Å². The number of nitrogens with two attached hydrogens (primary N) is 1. The standard InChI is InChI=1S/C35H24N4O4.C24H38N5.CNS.Ru/c40-34(41)25-16-18-37-31(20-25)33-22-26(35(42)43)21-32(38-33)30-19-24(15-17-36-30)23-11-13-29(14-12-23)39(27-7-3-1-4-8-27)28-9-5-2-6-10-28;1-6-8-9-18(7-2)17-29(20-12-10-19(11-13-20)24(3,4)5)21-14-15-27-22(16-21)23(25)28-26;2-1-3;/h1-22H,(H,40,41)(H,42,43);10-16,18,23,25,28H,6-9,17,26H2,1-5H3;;/q;2*-1;+2. The summed E-state index contributed by atoms with van der Waals surface area (Å²) >= 11 is 3.70. The number of hydrogen-bond acceptors (Lipinski definition) is 11. The van der Waals surface area contributed by atoms with Gasteiger partial charge in [0.05, 0.1) is 33.9 Å². The van der Waals surface area contributed by atoms with Gasteiger partial charge < -0.3 is 31.2 Å². The molecule has 4 aromatic heterocycles. The fourth-order valence-electron chi connectivity index (χ4n) is 8.30. The summed E-state index contributed by atoms with van der Waals surface area (Å²) in [6.07, 6.45) is 8.90. The van der Waals surface area contributed by atoms with Gasteiger partial charge in [-0.15, -0.1) is 0 Å². The Morgan fingerprint density at radius 2 is 1.18 bits per heavy atom. The SMILES string of the molecule is CCCCC(CC)CN(c1ccc(C(C)(C)C)cc1)c1ccnc(C([NH-])NN)c1.O=C(O)c1ccnc(-c2cc(C(=O)O)cc(-c3cc(-c4ccc(N(c5ccccc5)c5ccccc5)cc4)ccn3)n2)c1.[N-]=C=S.[Ru+2]. The molecule has 14 nitrogen and oxygen atoms in total. The molecule has 2 unspecified atom stereocenters. The number of unbranched alkanes of at least 4 members (excludes halogenated alkanes) is 1. The molecule has 0 spiro atoms. The quantitative estimate of drug-likeness (QED) is 0.0207. The zero-order valence-corrected chi connectivity index (χ0v) is 45.7. The number of nitrogens with one attached hydrogen (secondary N) is 2. The molecule has 0 aliphatic carbocycles. The number of aromatic carboxylic acids is 2. The first-order valence-electron chi connectivity index (χ1n) is 24.6. The summed E-state index contributed by atoms with van der Waals surface area (Å²) in [5.74, 6) is 3.82. The summed E-state index contributed by atoms with van der Waals surface area (Å²) in [7, 11) is 0. The third kappa shape index (κ3) is 16.2. The summed E-state index contributed by atoms with van der Waals surface area (Å²) in [4.78, 5) is 45.6. The van der Waals surface area contributed by atoms with Crippen LogP contribution in [0.3, 0.4) is 0 Å². The number of aromatic nitrogens is 4. The maximum atomic E-state index is 12.0. The fourth-order valence-corrected chi connectivity index (χ4v) is 8.30. The second-order valence-electron chi connectivity index (χ2n) is 18.6. The average Bonchev–Trinajstić information content (AvgIpc) is 3.44. The molecule has 6 N–H and O–H groups in total. The first-order valence-corrected chi connectivity index (χ1v) is 25.0. The van der Waals surface area contributed by atoms with Crippen molar-refractivity contribution in [3.05, 3.63) is 210 Å². The molecule has 8 rings (SSSR count). The maximum absolute atomic E-state index is 12.0. The van der Waals surface area contributed by atoms with Gasteiger partial charge in [-0.25, -0.2) is 14.6 Å². The molecule has 0 aliphatic rings. The molecule has 2 atom stereocenters. The number of benzene rings is 4. The van der Waals surface area contributed by atoms with E-state index in [4.69, 9.17) is 17.0 Å². The number of hydrazine groups is 1. The van der Waals surface area contributed by atoms with Crippen molar-refractivity contribution in [1.29, 1.82) is 0 Å². The predicted octanol–water partition coefficient (Wildman–Crippen LogP) is 14.6. The van der Waals surface area contributed by atoms with Gasteiger partial charge in [-0.05, 0) is 138 Å². The molecule has 0 saturated heterocycles. The van der Waals surface area contributed by atoms with Gasteiger partial charge in [0, 0.05) is 59.3 Å². The van der Waals surface area contributed by atoms with E-state index in [1.54, 1.807) is 12.4 Å². The Kier molecular flexibility index (Phi) is 22.5. The van der Waals surface area contributed by atoms with Gasteiger partial charge >= 0.3 is 31.4 Å². The normalized spacial score (nSPS) is 11.5. The summed E-state index contributed by atoms with van der Waals surface area (Å²) in [6, 6.07) is 50.6. The largest absolute Gasteiger partial charge is 2.00 e. The van der Waals surface area contributed by atoms with E-state index in [1.165, 1.54) is 66.1 Å². The van der Waals surface area contributed by atoms with E-state index < -0.39 is 18.1 Å². The summed E-state index contributed by atoms with van der Waals surface area (Å²) in [6.45, 7) is 12.2. The number of anilines is 5. The first kappa shape index (κ1) is 59.2. The molecule has 4 heterocycles. The molecular weight excluding hydrogens is 1060 g/mol. The Morgan fingerprint density at radius 1 is 0.671 bits per heavy atom. The van der Waals surface area contributed by atoms with Crippen LogP contribution in [0.1, 0.15) is 98.4 Å². The predicted molar refractivity (Wildman–Crippen MR) is 305 cm³/mol. The van der Waals surface area contributed by atoms with E-state index in [1.807, 2.05) is 72.8 Å². The van der Waals surface area contributed by atoms with Crippen LogP contribution in [0.15, 0.2) is 176 Å². The van der Waals surface area contributed by atoms with E-state index >= 15 is 0 Å². The van der Waals surface area contributed by atoms with Crippen molar-refractivity contribution >= 4 is 57.8 Å². The van der Waals surface area contributed by atoms with Gasteiger partial charge in [-0.3, -0.25) is 26.2 Å². The summed E-state index contributed by atoms with van der Waals surface area (Å²) in [5, 5.41) is 27.6. The smallest absolute Gasteiger partial charge is 0.753 e. The van der Waals surface area contributed by atoms with E-state index in [9.17, 15) is 19.8 Å². The van der Waals surface area contributed by atoms with Gasteiger partial charge in [-0.1, -0.05) is 127 Å². The monoisotopic (exact) mass is 1120 g/mol. The Balaban J connectivity index is 0.000000283. The number of hydrogen-bond donors (Lipinski definition) is 4. The zero-order chi connectivity index (χ0) is 53.9. The molecular formula is C60H62N10O4RuS. The van der Waals surface area contributed by atoms with Crippen LogP contribution in [-0.2, 0) is 24.9 Å². The Morgan fingerprint density at radius 3 is 1.71 bits per heavy atom. The van der Waals surface area contributed by atoms with Crippen molar-refractivity contribution in [3.63, 3.8) is 0 Å². The van der Waals surface area contributed by atoms with Crippen LogP contribution in [0.25, 0.3) is 45.0 Å². The topological polar surface area (TPSA) is 217 Å². The van der Waals surface area contributed by atoms with Gasteiger partial charge in [0.15, 0.2) is 0 Å². The maximum Gasteiger partial charge on any atom is 2.00 e. The Labute approximate surface area is 463 Å². The van der Waals surface area contributed by atoms with E-state index in [0.29, 0.717) is 23.0 Å². The van der Waals surface area contributed by atoms with Crippen molar-refractivity contribution in [2.75, 3.05) is 16.3 Å². The molecule has 0 amide bonds. The van der Waals surface area contributed by atoms with Crippen LogP contribution >= 0.6 is 12.2 Å². The molecule has 4 aromatic carbocycles. The van der Waals surface area contributed by atoms with Crippen molar-refractivity contribution < 1.29 is 39.3 Å². The number of nitrogens with zero attached hydrogens (tertiary/aromatic N) is 7. The van der Waals surface area contributed by atoms with Crippen LogP contribution in [0.2, 0.25) is 0 Å². The molecule has 390 valence electrons. The third-order valence-corrected chi connectivity index (χ3v) is 12.4. The molecule has 0 saturated carbocycles. The average molecular weight is 1120 g/mol. The summed E-state index contributed by atoms with van der Waals surface area (Å²) in [5.41, 5.74) is 21.0. The second kappa shape index (κ2) is 28.8. The van der Waals surface area contributed by atoms with Crippen LogP contribution in [-0.4, -0.2) is 53.8 Å². The van der Waals surface area contributed by atoms with Crippen molar-refractivity contribution in [1.82, 2.24) is 25.4 Å². The Bertz CT molecular complexity index is 3120. The molecule has 0 aliphatic heterocycles. The van der Waals surface area contributed by atoms with E-state index in [2.05, 4.69) is 143 Å². The van der Waals surface area contributed by atoms with E-state index in [0.717, 1.165) is 46.8 Å². The molecule has 16 heteroatoms. The molecule has 8 aromatic rings. The first-order chi connectivity index (χ1) is 36.2. The molecule has 0 bridgehead atoms. The number of thiocarbonyl (C=S) groups is 1. The minimum atomic E-state index is -1.15. The minimum absolute atomic E-state index is 0. The van der Waals surface area contributed by atoms with E-state index in [-0.39, 0.29) is 47.4 Å².